The number of hydrogen-bond acceptors (Lipinski definition) is 5. The smallest absolute Gasteiger partial charge is 0.256 e. The first-order chi connectivity index (χ1) is 15.6. The first-order valence-electron chi connectivity index (χ1n) is 11.7. The average molecular weight is 437 g/mol. The zero-order valence-corrected chi connectivity index (χ0v) is 18.8. The predicted octanol–water partition coefficient (Wildman–Crippen LogP) is 3.35. The molecule has 2 aliphatic rings. The van der Waals surface area contributed by atoms with Gasteiger partial charge in [-0.25, -0.2) is 9.97 Å². The lowest BCUT2D eigenvalue weighted by Crippen LogP contribution is -2.52. The number of aryl methyl sites for hydroxylation is 1. The van der Waals surface area contributed by atoms with E-state index in [0.717, 1.165) is 31.4 Å². The number of nitrogens with zero attached hydrogens (tertiary/aromatic N) is 4. The third-order valence-electron chi connectivity index (χ3n) is 6.88. The summed E-state index contributed by atoms with van der Waals surface area (Å²) in [6.07, 6.45) is 9.74. The van der Waals surface area contributed by atoms with E-state index in [4.69, 9.17) is 4.74 Å². The minimum absolute atomic E-state index is 0.0570. The van der Waals surface area contributed by atoms with Crippen LogP contribution in [-0.4, -0.2) is 64.4 Å². The Morgan fingerprint density at radius 1 is 1.06 bits per heavy atom. The van der Waals surface area contributed by atoms with Gasteiger partial charge in [-0.2, -0.15) is 0 Å². The van der Waals surface area contributed by atoms with E-state index in [0.29, 0.717) is 51.2 Å². The normalized spacial score (nSPS) is 19.5. The van der Waals surface area contributed by atoms with Crippen LogP contribution < -0.4 is 4.74 Å². The third-order valence-corrected chi connectivity index (χ3v) is 6.88. The fourth-order valence-electron chi connectivity index (χ4n) is 4.94. The van der Waals surface area contributed by atoms with Crippen LogP contribution in [0.3, 0.4) is 0 Å². The van der Waals surface area contributed by atoms with E-state index < -0.39 is 5.41 Å². The fourth-order valence-corrected chi connectivity index (χ4v) is 4.94. The van der Waals surface area contributed by atoms with Crippen LogP contribution in [0.15, 0.2) is 43.0 Å². The second-order valence-corrected chi connectivity index (χ2v) is 8.75. The summed E-state index contributed by atoms with van der Waals surface area (Å²) in [4.78, 5) is 38.2. The molecule has 1 saturated heterocycles. The summed E-state index contributed by atoms with van der Waals surface area (Å²) in [5.74, 6) is 1.09. The lowest BCUT2D eigenvalue weighted by Gasteiger charge is -2.43. The molecule has 0 aliphatic carbocycles. The van der Waals surface area contributed by atoms with Crippen molar-refractivity contribution in [3.05, 3.63) is 54.1 Å². The average Bonchev–Trinajstić information content (AvgIpc) is 2.85. The highest BCUT2D eigenvalue weighted by Crippen LogP contribution is 2.39. The summed E-state index contributed by atoms with van der Waals surface area (Å²) < 4.78 is 6.06. The number of carbonyl (C=O) groups excluding carboxylic acids is 2. The van der Waals surface area contributed by atoms with E-state index >= 15 is 0 Å². The zero-order valence-electron chi connectivity index (χ0n) is 18.8. The maximum atomic E-state index is 13.7. The van der Waals surface area contributed by atoms with Gasteiger partial charge < -0.3 is 14.5 Å². The number of fused-ring (bicyclic) bond motifs is 1. The van der Waals surface area contributed by atoms with Gasteiger partial charge in [0.15, 0.2) is 0 Å². The molecule has 0 atom stereocenters. The van der Waals surface area contributed by atoms with E-state index in [1.807, 2.05) is 28.9 Å². The highest BCUT2D eigenvalue weighted by atomic mass is 16.5. The summed E-state index contributed by atoms with van der Waals surface area (Å²) in [6, 6.07) is 8.21. The summed E-state index contributed by atoms with van der Waals surface area (Å²) in [5, 5.41) is 0. The number of amides is 2. The summed E-state index contributed by atoms with van der Waals surface area (Å²) >= 11 is 0. The van der Waals surface area contributed by atoms with E-state index in [9.17, 15) is 9.59 Å². The molecule has 0 radical (unpaired) electrons. The van der Waals surface area contributed by atoms with Crippen molar-refractivity contribution in [3.63, 3.8) is 0 Å². The summed E-state index contributed by atoms with van der Waals surface area (Å²) in [6.45, 7) is 4.92. The molecule has 1 fully saturated rings. The van der Waals surface area contributed by atoms with Crippen LogP contribution in [0.25, 0.3) is 0 Å². The molecule has 1 aromatic carbocycles. The number of aromatic nitrogens is 2. The van der Waals surface area contributed by atoms with Gasteiger partial charge in [0, 0.05) is 32.0 Å². The van der Waals surface area contributed by atoms with Gasteiger partial charge in [-0.05, 0) is 50.7 Å². The van der Waals surface area contributed by atoms with Gasteiger partial charge in [0.1, 0.15) is 18.7 Å². The highest BCUT2D eigenvalue weighted by molar-refractivity contribution is 5.94. The van der Waals surface area contributed by atoms with Gasteiger partial charge in [0.25, 0.3) is 5.91 Å². The highest BCUT2D eigenvalue weighted by Gasteiger charge is 2.43. The summed E-state index contributed by atoms with van der Waals surface area (Å²) in [5.41, 5.74) is 1.33. The molecule has 1 aromatic heterocycles. The third kappa shape index (κ3) is 4.76. The molecule has 2 amide bonds. The number of piperidine rings is 1. The van der Waals surface area contributed by atoms with Crippen LogP contribution in [0.5, 0.6) is 5.75 Å². The number of ether oxygens (including phenoxy) is 1. The molecule has 0 N–H and O–H groups in total. The topological polar surface area (TPSA) is 75.6 Å². The molecule has 170 valence electrons. The quantitative estimate of drug-likeness (QED) is 0.722. The minimum Gasteiger partial charge on any atom is -0.491 e. The maximum absolute atomic E-state index is 13.7. The molecule has 0 unspecified atom stereocenters. The largest absolute Gasteiger partial charge is 0.491 e. The number of hydrogen-bond donors (Lipinski definition) is 0. The molecule has 1 spiro atoms. The van der Waals surface area contributed by atoms with Crippen molar-refractivity contribution in [3.8, 4) is 5.75 Å². The van der Waals surface area contributed by atoms with Gasteiger partial charge in [-0.1, -0.05) is 24.6 Å². The second kappa shape index (κ2) is 10.1. The molecule has 3 heterocycles. The monoisotopic (exact) mass is 436 g/mol. The lowest BCUT2D eigenvalue weighted by molar-refractivity contribution is -0.145. The number of likely N-dealkylation sites (N-methyl/N-ethyl adjacent to an activating group) is 1. The first-order valence-corrected chi connectivity index (χ1v) is 11.7. The van der Waals surface area contributed by atoms with Crippen molar-refractivity contribution >= 4 is 11.8 Å². The van der Waals surface area contributed by atoms with Crippen LogP contribution in [0, 0.1) is 5.41 Å². The van der Waals surface area contributed by atoms with E-state index in [-0.39, 0.29) is 11.8 Å². The molecule has 0 bridgehead atoms. The fraction of sp³-hybridized carbons (Fsp3) is 0.520. The van der Waals surface area contributed by atoms with Crippen LogP contribution >= 0.6 is 0 Å². The Balaban J connectivity index is 1.48. The van der Waals surface area contributed by atoms with Crippen molar-refractivity contribution in [1.82, 2.24) is 19.8 Å². The number of likely N-dealkylation sites (tertiary alicyclic amines) is 1. The van der Waals surface area contributed by atoms with Crippen molar-refractivity contribution in [2.45, 2.75) is 45.4 Å². The number of benzene rings is 1. The van der Waals surface area contributed by atoms with Crippen LogP contribution in [0.4, 0.5) is 0 Å². The number of rotatable bonds is 2. The Hall–Kier alpha value is -2.96. The first kappa shape index (κ1) is 22.2. The van der Waals surface area contributed by atoms with Gasteiger partial charge in [0.2, 0.25) is 5.91 Å². The minimum atomic E-state index is -0.404. The van der Waals surface area contributed by atoms with Gasteiger partial charge in [-0.15, -0.1) is 0 Å². The Bertz CT molecular complexity index is 926. The van der Waals surface area contributed by atoms with Crippen molar-refractivity contribution < 1.29 is 14.3 Å². The molecule has 2 aromatic rings. The molecule has 2 aliphatic heterocycles. The van der Waals surface area contributed by atoms with Gasteiger partial charge in [0.05, 0.1) is 17.5 Å². The van der Waals surface area contributed by atoms with Crippen LogP contribution in [0.1, 0.15) is 54.9 Å². The molecule has 7 nitrogen and oxygen atoms in total. The number of carbonyl (C=O) groups is 2. The van der Waals surface area contributed by atoms with E-state index in [1.54, 1.807) is 12.4 Å². The van der Waals surface area contributed by atoms with Crippen molar-refractivity contribution in [1.29, 1.82) is 0 Å². The molecule has 7 heteroatoms. The lowest BCUT2D eigenvalue weighted by atomic mass is 9.73. The SMILES string of the molecule is CCN1CCOc2ccccc2CCCCC2(CCN(C(=O)c3cncnc3)CC2)C1=O. The Morgan fingerprint density at radius 2 is 1.81 bits per heavy atom. The van der Waals surface area contributed by atoms with Crippen molar-refractivity contribution in [2.24, 2.45) is 5.41 Å². The summed E-state index contributed by atoms with van der Waals surface area (Å²) in [7, 11) is 0. The number of para-hydroxylation sites is 1. The Morgan fingerprint density at radius 3 is 2.56 bits per heavy atom. The second-order valence-electron chi connectivity index (χ2n) is 8.75. The maximum Gasteiger partial charge on any atom is 0.256 e. The van der Waals surface area contributed by atoms with E-state index in [1.165, 1.54) is 11.9 Å². The molecule has 4 rings (SSSR count). The van der Waals surface area contributed by atoms with Crippen molar-refractivity contribution in [2.75, 3.05) is 32.8 Å². The Labute approximate surface area is 189 Å². The van der Waals surface area contributed by atoms with Crippen LogP contribution in [-0.2, 0) is 11.2 Å². The molecule has 0 saturated carbocycles. The zero-order chi connectivity index (χ0) is 22.4. The standard InChI is InChI=1S/C25H32N4O3/c1-2-28-15-16-32-22-9-4-3-7-20(22)8-5-6-10-25(24(28)31)11-13-29(14-12-25)23(30)21-17-26-19-27-18-21/h3-4,7,9,17-19H,2,5-6,8,10-16H2,1H3. The van der Waals surface area contributed by atoms with Gasteiger partial charge >= 0.3 is 0 Å². The van der Waals surface area contributed by atoms with E-state index in [2.05, 4.69) is 22.1 Å². The van der Waals surface area contributed by atoms with Crippen LogP contribution in [0.2, 0.25) is 0 Å². The molecule has 32 heavy (non-hydrogen) atoms. The predicted molar refractivity (Wildman–Crippen MR) is 121 cm³/mol. The molecular formula is C25H32N4O3. The Kier molecular flexibility index (Phi) is 7.02. The molecular weight excluding hydrogens is 404 g/mol. The van der Waals surface area contributed by atoms with Gasteiger partial charge in [-0.3, -0.25) is 9.59 Å².